The van der Waals surface area contributed by atoms with Crippen molar-refractivity contribution in [1.82, 2.24) is 0 Å². The van der Waals surface area contributed by atoms with Crippen molar-refractivity contribution in [2.45, 2.75) is 6.04 Å². The molecular weight excluding hydrogens is 207 g/mol. The number of furan rings is 1. The Morgan fingerprint density at radius 3 is 2.88 bits per heavy atom. The first-order chi connectivity index (χ1) is 7.79. The van der Waals surface area contributed by atoms with Gasteiger partial charge in [-0.2, -0.15) is 0 Å². The second-order valence-electron chi connectivity index (χ2n) is 3.50. The molecule has 0 bridgehead atoms. The number of nitrogens with one attached hydrogen (secondary N) is 1. The molecule has 0 fully saturated rings. The van der Waals surface area contributed by atoms with Crippen LogP contribution in [0.3, 0.4) is 0 Å². The van der Waals surface area contributed by atoms with Crippen molar-refractivity contribution >= 4 is 5.69 Å². The standard InChI is InChI=1S/C12H13FN2O/c13-10-2-1-3-11(6-10)15-12(7-14)9-4-5-16-8-9/h1-6,8,12,15H,7,14H2. The number of rotatable bonds is 4. The minimum absolute atomic E-state index is 0.0689. The molecule has 84 valence electrons. The van der Waals surface area contributed by atoms with Crippen LogP contribution in [-0.4, -0.2) is 6.54 Å². The van der Waals surface area contributed by atoms with E-state index in [2.05, 4.69) is 5.32 Å². The van der Waals surface area contributed by atoms with Gasteiger partial charge in [0, 0.05) is 17.8 Å². The monoisotopic (exact) mass is 220 g/mol. The van der Waals surface area contributed by atoms with Crippen LogP contribution in [0.25, 0.3) is 0 Å². The molecule has 0 saturated carbocycles. The molecule has 1 aromatic carbocycles. The number of anilines is 1. The first-order valence-electron chi connectivity index (χ1n) is 5.04. The minimum Gasteiger partial charge on any atom is -0.472 e. The van der Waals surface area contributed by atoms with Crippen LogP contribution in [0.1, 0.15) is 11.6 Å². The van der Waals surface area contributed by atoms with E-state index in [-0.39, 0.29) is 11.9 Å². The predicted octanol–water partition coefficient (Wildman–Crippen LogP) is 2.53. The highest BCUT2D eigenvalue weighted by molar-refractivity contribution is 5.45. The van der Waals surface area contributed by atoms with Gasteiger partial charge in [-0.25, -0.2) is 4.39 Å². The van der Waals surface area contributed by atoms with Gasteiger partial charge in [-0.05, 0) is 24.3 Å². The summed E-state index contributed by atoms with van der Waals surface area (Å²) in [4.78, 5) is 0. The highest BCUT2D eigenvalue weighted by Gasteiger charge is 2.10. The van der Waals surface area contributed by atoms with E-state index in [1.807, 2.05) is 6.07 Å². The Morgan fingerprint density at radius 1 is 1.38 bits per heavy atom. The van der Waals surface area contributed by atoms with Crippen LogP contribution < -0.4 is 11.1 Å². The van der Waals surface area contributed by atoms with Gasteiger partial charge in [-0.1, -0.05) is 6.07 Å². The number of benzene rings is 1. The maximum Gasteiger partial charge on any atom is 0.125 e. The largest absolute Gasteiger partial charge is 0.472 e. The predicted molar refractivity (Wildman–Crippen MR) is 60.5 cm³/mol. The zero-order valence-electron chi connectivity index (χ0n) is 8.69. The molecule has 0 saturated heterocycles. The molecule has 2 aromatic rings. The summed E-state index contributed by atoms with van der Waals surface area (Å²) >= 11 is 0. The van der Waals surface area contributed by atoms with E-state index < -0.39 is 0 Å². The van der Waals surface area contributed by atoms with Crippen molar-refractivity contribution in [3.63, 3.8) is 0 Å². The van der Waals surface area contributed by atoms with Crippen LogP contribution in [0, 0.1) is 5.82 Å². The van der Waals surface area contributed by atoms with Gasteiger partial charge in [0.1, 0.15) is 5.82 Å². The molecule has 1 atom stereocenters. The van der Waals surface area contributed by atoms with Crippen molar-refractivity contribution in [3.05, 3.63) is 54.2 Å². The quantitative estimate of drug-likeness (QED) is 0.832. The van der Waals surface area contributed by atoms with E-state index in [9.17, 15) is 4.39 Å². The Morgan fingerprint density at radius 2 is 2.25 bits per heavy atom. The van der Waals surface area contributed by atoms with Crippen molar-refractivity contribution in [2.75, 3.05) is 11.9 Å². The van der Waals surface area contributed by atoms with Crippen molar-refractivity contribution in [1.29, 1.82) is 0 Å². The Balaban J connectivity index is 2.13. The first-order valence-corrected chi connectivity index (χ1v) is 5.04. The van der Waals surface area contributed by atoms with Gasteiger partial charge < -0.3 is 15.5 Å². The van der Waals surface area contributed by atoms with Gasteiger partial charge in [0.15, 0.2) is 0 Å². The summed E-state index contributed by atoms with van der Waals surface area (Å²) in [7, 11) is 0. The lowest BCUT2D eigenvalue weighted by Gasteiger charge is -2.16. The Kier molecular flexibility index (Phi) is 3.22. The van der Waals surface area contributed by atoms with E-state index in [0.29, 0.717) is 12.2 Å². The zero-order valence-corrected chi connectivity index (χ0v) is 8.69. The fourth-order valence-corrected chi connectivity index (χ4v) is 1.53. The Labute approximate surface area is 93.1 Å². The summed E-state index contributed by atoms with van der Waals surface area (Å²) in [5.74, 6) is -0.270. The first kappa shape index (κ1) is 10.7. The van der Waals surface area contributed by atoms with E-state index in [1.165, 1.54) is 12.1 Å². The third-order valence-electron chi connectivity index (χ3n) is 2.35. The summed E-state index contributed by atoms with van der Waals surface area (Å²) < 4.78 is 18.0. The molecule has 1 heterocycles. The average Bonchev–Trinajstić information content (AvgIpc) is 2.79. The molecule has 3 nitrogen and oxygen atoms in total. The van der Waals surface area contributed by atoms with Crippen LogP contribution in [0.4, 0.5) is 10.1 Å². The highest BCUT2D eigenvalue weighted by Crippen LogP contribution is 2.19. The van der Waals surface area contributed by atoms with Crippen LogP contribution in [-0.2, 0) is 0 Å². The molecule has 1 unspecified atom stereocenters. The van der Waals surface area contributed by atoms with Gasteiger partial charge in [0.25, 0.3) is 0 Å². The number of hydrogen-bond donors (Lipinski definition) is 2. The molecule has 0 aliphatic heterocycles. The summed E-state index contributed by atoms with van der Waals surface area (Å²) in [5.41, 5.74) is 7.31. The molecule has 4 heteroatoms. The van der Waals surface area contributed by atoms with E-state index in [0.717, 1.165) is 5.56 Å². The van der Waals surface area contributed by atoms with Gasteiger partial charge in [-0.3, -0.25) is 0 Å². The number of nitrogens with two attached hydrogens (primary N) is 1. The average molecular weight is 220 g/mol. The molecule has 2 rings (SSSR count). The molecule has 16 heavy (non-hydrogen) atoms. The highest BCUT2D eigenvalue weighted by atomic mass is 19.1. The number of halogens is 1. The normalized spacial score (nSPS) is 12.4. The third kappa shape index (κ3) is 2.41. The smallest absolute Gasteiger partial charge is 0.125 e. The van der Waals surface area contributed by atoms with Gasteiger partial charge in [0.05, 0.1) is 18.6 Å². The fourth-order valence-electron chi connectivity index (χ4n) is 1.53. The maximum absolute atomic E-state index is 13.0. The molecular formula is C12H13FN2O. The molecule has 0 aliphatic rings. The second-order valence-corrected chi connectivity index (χ2v) is 3.50. The summed E-state index contributed by atoms with van der Waals surface area (Å²) in [6, 6.07) is 8.06. The molecule has 0 aliphatic carbocycles. The minimum atomic E-state index is -0.270. The van der Waals surface area contributed by atoms with Crippen LogP contribution in [0.5, 0.6) is 0 Å². The second kappa shape index (κ2) is 4.81. The summed E-state index contributed by atoms with van der Waals surface area (Å²) in [5, 5.41) is 3.15. The SMILES string of the molecule is NCC(Nc1cccc(F)c1)c1ccoc1. The Bertz CT molecular complexity index is 442. The van der Waals surface area contributed by atoms with Crippen LogP contribution in [0.2, 0.25) is 0 Å². The van der Waals surface area contributed by atoms with Gasteiger partial charge in [-0.15, -0.1) is 0 Å². The molecule has 0 spiro atoms. The van der Waals surface area contributed by atoms with Gasteiger partial charge in [0.2, 0.25) is 0 Å². The Hall–Kier alpha value is -1.81. The lowest BCUT2D eigenvalue weighted by Crippen LogP contribution is -2.20. The zero-order chi connectivity index (χ0) is 11.4. The van der Waals surface area contributed by atoms with Gasteiger partial charge >= 0.3 is 0 Å². The summed E-state index contributed by atoms with van der Waals surface area (Å²) in [6.07, 6.45) is 3.22. The third-order valence-corrected chi connectivity index (χ3v) is 2.35. The maximum atomic E-state index is 13.0. The van der Waals surface area contributed by atoms with Crippen molar-refractivity contribution in [3.8, 4) is 0 Å². The molecule has 0 amide bonds. The van der Waals surface area contributed by atoms with Crippen molar-refractivity contribution < 1.29 is 8.81 Å². The molecule has 1 aromatic heterocycles. The topological polar surface area (TPSA) is 51.2 Å². The summed E-state index contributed by atoms with van der Waals surface area (Å²) in [6.45, 7) is 0.413. The molecule has 3 N–H and O–H groups in total. The van der Waals surface area contributed by atoms with E-state index >= 15 is 0 Å². The lowest BCUT2D eigenvalue weighted by atomic mass is 10.1. The molecule has 0 radical (unpaired) electrons. The van der Waals surface area contributed by atoms with E-state index in [1.54, 1.807) is 24.7 Å². The van der Waals surface area contributed by atoms with Crippen LogP contribution in [0.15, 0.2) is 47.3 Å². The van der Waals surface area contributed by atoms with E-state index in [4.69, 9.17) is 10.2 Å². The van der Waals surface area contributed by atoms with Crippen molar-refractivity contribution in [2.24, 2.45) is 5.73 Å². The fraction of sp³-hybridized carbons (Fsp3) is 0.167. The lowest BCUT2D eigenvalue weighted by molar-refractivity contribution is 0.561. The number of hydrogen-bond acceptors (Lipinski definition) is 3. The van der Waals surface area contributed by atoms with Crippen LogP contribution >= 0.6 is 0 Å².